The minimum absolute atomic E-state index is 0. The molecule has 6 nitrogen and oxygen atoms in total. The Morgan fingerprint density at radius 1 is 1.15 bits per heavy atom. The van der Waals surface area contributed by atoms with Gasteiger partial charge in [0, 0.05) is 25.2 Å². The van der Waals surface area contributed by atoms with Crippen molar-refractivity contribution in [1.82, 2.24) is 4.72 Å². The summed E-state index contributed by atoms with van der Waals surface area (Å²) in [5.41, 5.74) is 8.05. The van der Waals surface area contributed by atoms with Crippen LogP contribution >= 0.6 is 12.4 Å². The molecule has 0 spiro atoms. The second kappa shape index (κ2) is 10.4. The van der Waals surface area contributed by atoms with Gasteiger partial charge in [0.1, 0.15) is 0 Å². The normalized spacial score (nSPS) is 12.1. The van der Waals surface area contributed by atoms with E-state index < -0.39 is 10.0 Å². The lowest BCUT2D eigenvalue weighted by atomic mass is 9.93. The Morgan fingerprint density at radius 3 is 2.52 bits per heavy atom. The minimum atomic E-state index is -3.63. The molecule has 1 amide bonds. The van der Waals surface area contributed by atoms with Gasteiger partial charge in [-0.25, -0.2) is 13.1 Å². The fourth-order valence-corrected chi connectivity index (χ4v) is 3.85. The molecular weight excluding hydrogens is 386 g/mol. The van der Waals surface area contributed by atoms with Gasteiger partial charge in [-0.1, -0.05) is 37.3 Å². The molecule has 0 aliphatic rings. The Bertz CT molecular complexity index is 872. The Kier molecular flexibility index (Phi) is 8.92. The standard InChI is InChI=1S/C19H25N3O3S.ClH/c1-14-6-3-4-9-18(14)15(2)12-19(23)22-16-7-5-8-17(13-16)26(24,25)21-11-10-20;/h3-9,13,15,21H,10-12,20H2,1-2H3,(H,22,23);1H. The van der Waals surface area contributed by atoms with Crippen LogP contribution in [-0.2, 0) is 14.8 Å². The predicted octanol–water partition coefficient (Wildman–Crippen LogP) is 2.79. The van der Waals surface area contributed by atoms with Crippen molar-refractivity contribution in [3.8, 4) is 0 Å². The van der Waals surface area contributed by atoms with Crippen LogP contribution in [0.2, 0.25) is 0 Å². The van der Waals surface area contributed by atoms with Crippen LogP contribution in [0.5, 0.6) is 0 Å². The zero-order valence-electron chi connectivity index (χ0n) is 15.4. The number of hydrogen-bond acceptors (Lipinski definition) is 4. The largest absolute Gasteiger partial charge is 0.329 e. The highest BCUT2D eigenvalue weighted by Crippen LogP contribution is 2.23. The number of rotatable bonds is 8. The molecule has 1 atom stereocenters. The number of halogens is 1. The third-order valence-corrected chi connectivity index (χ3v) is 5.53. The first-order valence-corrected chi connectivity index (χ1v) is 9.97. The molecule has 0 saturated heterocycles. The molecular formula is C19H26ClN3O3S. The fourth-order valence-electron chi connectivity index (χ4n) is 2.76. The van der Waals surface area contributed by atoms with Gasteiger partial charge >= 0.3 is 0 Å². The molecule has 0 radical (unpaired) electrons. The van der Waals surface area contributed by atoms with Crippen molar-refractivity contribution in [3.05, 3.63) is 59.7 Å². The molecule has 2 aromatic rings. The Labute approximate surface area is 167 Å². The van der Waals surface area contributed by atoms with Crippen LogP contribution in [0.15, 0.2) is 53.4 Å². The Hall–Kier alpha value is -1.93. The average molecular weight is 412 g/mol. The lowest BCUT2D eigenvalue weighted by molar-refractivity contribution is -0.116. The van der Waals surface area contributed by atoms with Crippen molar-refractivity contribution in [1.29, 1.82) is 0 Å². The van der Waals surface area contributed by atoms with Crippen molar-refractivity contribution in [3.63, 3.8) is 0 Å². The number of anilines is 1. The monoisotopic (exact) mass is 411 g/mol. The maximum atomic E-state index is 12.3. The molecule has 2 aromatic carbocycles. The van der Waals surface area contributed by atoms with E-state index in [1.165, 1.54) is 12.1 Å². The molecule has 4 N–H and O–H groups in total. The highest BCUT2D eigenvalue weighted by atomic mass is 35.5. The molecule has 0 aromatic heterocycles. The molecule has 148 valence electrons. The van der Waals surface area contributed by atoms with Gasteiger partial charge in [-0.3, -0.25) is 4.79 Å². The topological polar surface area (TPSA) is 101 Å². The Morgan fingerprint density at radius 2 is 1.85 bits per heavy atom. The number of nitrogens with one attached hydrogen (secondary N) is 2. The van der Waals surface area contributed by atoms with E-state index in [1.54, 1.807) is 12.1 Å². The molecule has 0 bridgehead atoms. The van der Waals surface area contributed by atoms with E-state index in [-0.39, 0.29) is 42.2 Å². The SMILES string of the molecule is Cc1ccccc1C(C)CC(=O)Nc1cccc(S(=O)(=O)NCCN)c1.Cl. The van der Waals surface area contributed by atoms with E-state index in [4.69, 9.17) is 5.73 Å². The number of carbonyl (C=O) groups excluding carboxylic acids is 1. The van der Waals surface area contributed by atoms with Crippen LogP contribution in [0, 0.1) is 6.92 Å². The summed E-state index contributed by atoms with van der Waals surface area (Å²) in [6, 6.07) is 14.1. The number of benzene rings is 2. The van der Waals surface area contributed by atoms with E-state index in [9.17, 15) is 13.2 Å². The minimum Gasteiger partial charge on any atom is -0.329 e. The summed E-state index contributed by atoms with van der Waals surface area (Å²) < 4.78 is 26.7. The third kappa shape index (κ3) is 6.62. The van der Waals surface area contributed by atoms with Gasteiger partial charge in [0.2, 0.25) is 15.9 Å². The number of nitrogens with two attached hydrogens (primary N) is 1. The van der Waals surface area contributed by atoms with E-state index in [0.29, 0.717) is 12.1 Å². The van der Waals surface area contributed by atoms with Crippen molar-refractivity contribution in [2.45, 2.75) is 31.1 Å². The summed E-state index contributed by atoms with van der Waals surface area (Å²) >= 11 is 0. The quantitative estimate of drug-likeness (QED) is 0.621. The third-order valence-electron chi connectivity index (χ3n) is 4.08. The van der Waals surface area contributed by atoms with Crippen LogP contribution in [0.4, 0.5) is 5.69 Å². The molecule has 0 aliphatic heterocycles. The average Bonchev–Trinajstić information content (AvgIpc) is 2.60. The van der Waals surface area contributed by atoms with Crippen molar-refractivity contribution < 1.29 is 13.2 Å². The summed E-state index contributed by atoms with van der Waals surface area (Å²) in [4.78, 5) is 12.4. The highest BCUT2D eigenvalue weighted by molar-refractivity contribution is 7.89. The van der Waals surface area contributed by atoms with Gasteiger partial charge in [-0.2, -0.15) is 0 Å². The number of aryl methyl sites for hydroxylation is 1. The molecule has 0 aliphatic carbocycles. The maximum Gasteiger partial charge on any atom is 0.240 e. The highest BCUT2D eigenvalue weighted by Gasteiger charge is 2.16. The first-order valence-electron chi connectivity index (χ1n) is 8.48. The summed E-state index contributed by atoms with van der Waals surface area (Å²) in [5.74, 6) is -0.0976. The molecule has 8 heteroatoms. The molecule has 0 heterocycles. The van der Waals surface area contributed by atoms with Crippen LogP contribution in [0.3, 0.4) is 0 Å². The first kappa shape index (κ1) is 23.1. The van der Waals surface area contributed by atoms with Crippen molar-refractivity contribution in [2.24, 2.45) is 5.73 Å². The van der Waals surface area contributed by atoms with Gasteiger partial charge in [0.25, 0.3) is 0 Å². The summed E-state index contributed by atoms with van der Waals surface area (Å²) in [6.45, 7) is 4.39. The van der Waals surface area contributed by atoms with E-state index >= 15 is 0 Å². The smallest absolute Gasteiger partial charge is 0.240 e. The van der Waals surface area contributed by atoms with Crippen molar-refractivity contribution in [2.75, 3.05) is 18.4 Å². The molecule has 0 fully saturated rings. The fraction of sp³-hybridized carbons (Fsp3) is 0.316. The second-order valence-electron chi connectivity index (χ2n) is 6.22. The molecule has 2 rings (SSSR count). The van der Waals surface area contributed by atoms with Crippen LogP contribution in [-0.4, -0.2) is 27.4 Å². The van der Waals surface area contributed by atoms with Gasteiger partial charge in [0.05, 0.1) is 4.90 Å². The molecule has 0 saturated carbocycles. The van der Waals surface area contributed by atoms with Crippen LogP contribution in [0.1, 0.15) is 30.4 Å². The molecule has 1 unspecified atom stereocenters. The zero-order chi connectivity index (χ0) is 19.2. The molecule has 27 heavy (non-hydrogen) atoms. The van der Waals surface area contributed by atoms with E-state index in [2.05, 4.69) is 10.0 Å². The summed E-state index contributed by atoms with van der Waals surface area (Å²) in [5, 5.41) is 2.77. The van der Waals surface area contributed by atoms with Gasteiger partial charge in [-0.15, -0.1) is 12.4 Å². The van der Waals surface area contributed by atoms with Gasteiger partial charge < -0.3 is 11.1 Å². The summed E-state index contributed by atoms with van der Waals surface area (Å²) in [6.07, 6.45) is 0.313. The number of sulfonamides is 1. The lowest BCUT2D eigenvalue weighted by Gasteiger charge is -2.15. The first-order chi connectivity index (χ1) is 12.3. The van der Waals surface area contributed by atoms with E-state index in [1.807, 2.05) is 38.1 Å². The van der Waals surface area contributed by atoms with Gasteiger partial charge in [0.15, 0.2) is 0 Å². The zero-order valence-corrected chi connectivity index (χ0v) is 17.1. The van der Waals surface area contributed by atoms with Crippen LogP contribution in [0.25, 0.3) is 0 Å². The Balaban J connectivity index is 0.00000364. The number of carbonyl (C=O) groups is 1. The lowest BCUT2D eigenvalue weighted by Crippen LogP contribution is -2.29. The van der Waals surface area contributed by atoms with Crippen molar-refractivity contribution >= 4 is 34.0 Å². The summed E-state index contributed by atoms with van der Waals surface area (Å²) in [7, 11) is -3.63. The maximum absolute atomic E-state index is 12.3. The van der Waals surface area contributed by atoms with E-state index in [0.717, 1.165) is 11.1 Å². The second-order valence-corrected chi connectivity index (χ2v) is 7.99. The van der Waals surface area contributed by atoms with Gasteiger partial charge in [-0.05, 0) is 42.2 Å². The predicted molar refractivity (Wildman–Crippen MR) is 111 cm³/mol. The van der Waals surface area contributed by atoms with Crippen LogP contribution < -0.4 is 15.8 Å². The number of amides is 1. The number of hydrogen-bond donors (Lipinski definition) is 3.